The summed E-state index contributed by atoms with van der Waals surface area (Å²) >= 11 is 0. The van der Waals surface area contributed by atoms with E-state index in [1.165, 1.54) is 35.1 Å². The molecule has 5 aromatic carbocycles. The third-order valence-corrected chi connectivity index (χ3v) is 9.13. The first-order chi connectivity index (χ1) is 21.2. The van der Waals surface area contributed by atoms with E-state index in [0.29, 0.717) is 23.0 Å². The SMILES string of the molecule is N#Cc1ccc2c(c1)-c1ccc(-c3ccccc3-c3nc(-c4ccccc4)nc(-c4ccccc4)n3)cc1C21CCCC1. The van der Waals surface area contributed by atoms with Crippen LogP contribution in [0.2, 0.25) is 0 Å². The number of benzene rings is 5. The van der Waals surface area contributed by atoms with Crippen molar-refractivity contribution in [3.8, 4) is 62.5 Å². The Balaban J connectivity index is 1.30. The van der Waals surface area contributed by atoms with Crippen LogP contribution in [0.4, 0.5) is 0 Å². The number of hydrogen-bond acceptors (Lipinski definition) is 4. The summed E-state index contributed by atoms with van der Waals surface area (Å²) in [6.45, 7) is 0. The van der Waals surface area contributed by atoms with Crippen LogP contribution in [0.15, 0.2) is 121 Å². The van der Waals surface area contributed by atoms with Crippen LogP contribution in [0.25, 0.3) is 56.4 Å². The number of fused-ring (bicyclic) bond motifs is 5. The molecule has 1 aromatic heterocycles. The maximum absolute atomic E-state index is 9.62. The molecular formula is C39H28N4. The highest BCUT2D eigenvalue weighted by atomic mass is 15.0. The van der Waals surface area contributed by atoms with E-state index in [9.17, 15) is 5.26 Å². The number of nitriles is 1. The molecule has 0 radical (unpaired) electrons. The van der Waals surface area contributed by atoms with Crippen LogP contribution in [0.3, 0.4) is 0 Å². The van der Waals surface area contributed by atoms with Gasteiger partial charge in [0, 0.05) is 22.1 Å². The van der Waals surface area contributed by atoms with Crippen molar-refractivity contribution < 1.29 is 0 Å². The monoisotopic (exact) mass is 552 g/mol. The predicted octanol–water partition coefficient (Wildman–Crippen LogP) is 9.25. The minimum atomic E-state index is 0.0116. The summed E-state index contributed by atoms with van der Waals surface area (Å²) in [5.41, 5.74) is 11.1. The molecule has 2 aliphatic rings. The molecule has 0 aliphatic heterocycles. The summed E-state index contributed by atoms with van der Waals surface area (Å²) in [6, 6.07) is 44.1. The standard InChI is InChI=1S/C39H28N4/c40-25-26-17-20-34-33(23-26)31-19-18-29(24-35(31)39(34)21-9-10-22-39)30-15-7-8-16-32(30)38-42-36(27-11-3-1-4-12-27)41-37(43-38)28-13-5-2-6-14-28/h1-8,11-20,23-24H,9-10,21-22H2. The second-order valence-electron chi connectivity index (χ2n) is 11.5. The van der Waals surface area contributed by atoms with Crippen LogP contribution in [0.5, 0.6) is 0 Å². The van der Waals surface area contributed by atoms with Gasteiger partial charge in [0.1, 0.15) is 0 Å². The van der Waals surface area contributed by atoms with Gasteiger partial charge in [-0.25, -0.2) is 15.0 Å². The molecule has 0 unspecified atom stereocenters. The second-order valence-corrected chi connectivity index (χ2v) is 11.5. The lowest BCUT2D eigenvalue weighted by molar-refractivity contribution is 0.550. The Bertz CT molecular complexity index is 1980. The van der Waals surface area contributed by atoms with Crippen molar-refractivity contribution in [1.82, 2.24) is 15.0 Å². The molecule has 0 amide bonds. The van der Waals surface area contributed by atoms with E-state index in [4.69, 9.17) is 15.0 Å². The van der Waals surface area contributed by atoms with Gasteiger partial charge in [-0.3, -0.25) is 0 Å². The third-order valence-electron chi connectivity index (χ3n) is 9.13. The zero-order chi connectivity index (χ0) is 28.8. The lowest BCUT2D eigenvalue weighted by Gasteiger charge is -2.27. The number of nitrogens with zero attached hydrogens (tertiary/aromatic N) is 4. The topological polar surface area (TPSA) is 62.5 Å². The van der Waals surface area contributed by atoms with E-state index in [2.05, 4.69) is 60.7 Å². The summed E-state index contributed by atoms with van der Waals surface area (Å²) in [5, 5.41) is 9.62. The fourth-order valence-electron chi connectivity index (χ4n) is 7.12. The fourth-order valence-corrected chi connectivity index (χ4v) is 7.12. The molecule has 1 spiro atoms. The molecule has 6 aromatic rings. The Hall–Kier alpha value is -5.40. The van der Waals surface area contributed by atoms with Gasteiger partial charge >= 0.3 is 0 Å². The van der Waals surface area contributed by atoms with Crippen LogP contribution >= 0.6 is 0 Å². The highest BCUT2D eigenvalue weighted by Crippen LogP contribution is 2.57. The summed E-state index contributed by atoms with van der Waals surface area (Å²) < 4.78 is 0. The van der Waals surface area contributed by atoms with Gasteiger partial charge < -0.3 is 0 Å². The van der Waals surface area contributed by atoms with Crippen molar-refractivity contribution in [2.45, 2.75) is 31.1 Å². The Morgan fingerprint density at radius 3 is 1.74 bits per heavy atom. The first-order valence-corrected chi connectivity index (χ1v) is 14.9. The lowest BCUT2D eigenvalue weighted by atomic mass is 9.76. The Labute approximate surface area is 251 Å². The molecule has 1 heterocycles. The van der Waals surface area contributed by atoms with Gasteiger partial charge in [-0.05, 0) is 64.4 Å². The third kappa shape index (κ3) is 4.16. The number of aromatic nitrogens is 3. The molecule has 4 heteroatoms. The van der Waals surface area contributed by atoms with Gasteiger partial charge in [0.15, 0.2) is 17.5 Å². The lowest BCUT2D eigenvalue weighted by Crippen LogP contribution is -2.20. The zero-order valence-corrected chi connectivity index (χ0v) is 23.7. The van der Waals surface area contributed by atoms with Gasteiger partial charge in [-0.1, -0.05) is 116 Å². The quantitative estimate of drug-likeness (QED) is 0.219. The van der Waals surface area contributed by atoms with Crippen LogP contribution in [0.1, 0.15) is 42.4 Å². The van der Waals surface area contributed by atoms with Crippen molar-refractivity contribution in [3.63, 3.8) is 0 Å². The molecule has 204 valence electrons. The van der Waals surface area contributed by atoms with E-state index < -0.39 is 0 Å². The van der Waals surface area contributed by atoms with Gasteiger partial charge in [0.2, 0.25) is 0 Å². The minimum Gasteiger partial charge on any atom is -0.208 e. The Morgan fingerprint density at radius 2 is 1.09 bits per heavy atom. The summed E-state index contributed by atoms with van der Waals surface area (Å²) in [6.07, 6.45) is 4.71. The van der Waals surface area contributed by atoms with E-state index in [1.807, 2.05) is 66.7 Å². The molecule has 0 bridgehead atoms. The first-order valence-electron chi connectivity index (χ1n) is 14.9. The Morgan fingerprint density at radius 1 is 0.488 bits per heavy atom. The molecule has 0 N–H and O–H groups in total. The van der Waals surface area contributed by atoms with Crippen molar-refractivity contribution in [2.75, 3.05) is 0 Å². The van der Waals surface area contributed by atoms with E-state index >= 15 is 0 Å². The fraction of sp³-hybridized carbons (Fsp3) is 0.128. The van der Waals surface area contributed by atoms with Gasteiger partial charge in [-0.15, -0.1) is 0 Å². The van der Waals surface area contributed by atoms with Crippen LogP contribution in [-0.2, 0) is 5.41 Å². The molecule has 43 heavy (non-hydrogen) atoms. The van der Waals surface area contributed by atoms with Gasteiger partial charge in [0.25, 0.3) is 0 Å². The smallest absolute Gasteiger partial charge is 0.164 e. The minimum absolute atomic E-state index is 0.0116. The molecule has 0 atom stereocenters. The maximum Gasteiger partial charge on any atom is 0.164 e. The predicted molar refractivity (Wildman–Crippen MR) is 171 cm³/mol. The highest BCUT2D eigenvalue weighted by Gasteiger charge is 2.45. The summed E-state index contributed by atoms with van der Waals surface area (Å²) in [7, 11) is 0. The second kappa shape index (κ2) is 10.2. The average molecular weight is 553 g/mol. The van der Waals surface area contributed by atoms with E-state index in [-0.39, 0.29) is 5.41 Å². The molecular weight excluding hydrogens is 524 g/mol. The van der Waals surface area contributed by atoms with Crippen molar-refractivity contribution in [1.29, 1.82) is 5.26 Å². The average Bonchev–Trinajstić information content (AvgIpc) is 3.69. The molecule has 8 rings (SSSR count). The van der Waals surface area contributed by atoms with Crippen molar-refractivity contribution in [3.05, 3.63) is 138 Å². The summed E-state index contributed by atoms with van der Waals surface area (Å²) in [5.74, 6) is 1.96. The normalized spacial score (nSPS) is 14.3. The largest absolute Gasteiger partial charge is 0.208 e. The van der Waals surface area contributed by atoms with Crippen molar-refractivity contribution in [2.24, 2.45) is 0 Å². The van der Waals surface area contributed by atoms with Gasteiger partial charge in [0.05, 0.1) is 11.6 Å². The molecule has 0 saturated heterocycles. The van der Waals surface area contributed by atoms with E-state index in [0.717, 1.165) is 40.7 Å². The number of rotatable bonds is 4. The Kier molecular flexibility index (Phi) is 5.98. The first kappa shape index (κ1) is 25.3. The summed E-state index contributed by atoms with van der Waals surface area (Å²) in [4.78, 5) is 14.9. The maximum atomic E-state index is 9.62. The molecule has 1 saturated carbocycles. The zero-order valence-electron chi connectivity index (χ0n) is 23.7. The van der Waals surface area contributed by atoms with E-state index in [1.54, 1.807) is 0 Å². The number of hydrogen-bond donors (Lipinski definition) is 0. The highest BCUT2D eigenvalue weighted by molar-refractivity contribution is 5.88. The van der Waals surface area contributed by atoms with Gasteiger partial charge in [-0.2, -0.15) is 5.26 Å². The molecule has 1 fully saturated rings. The van der Waals surface area contributed by atoms with Crippen LogP contribution in [-0.4, -0.2) is 15.0 Å². The molecule has 4 nitrogen and oxygen atoms in total. The van der Waals surface area contributed by atoms with Crippen molar-refractivity contribution >= 4 is 0 Å². The van der Waals surface area contributed by atoms with Crippen LogP contribution < -0.4 is 0 Å². The molecule has 2 aliphatic carbocycles. The van der Waals surface area contributed by atoms with Crippen LogP contribution in [0, 0.1) is 11.3 Å².